The third kappa shape index (κ3) is 4.19. The van der Waals surface area contributed by atoms with Crippen LogP contribution in [0.5, 0.6) is 11.5 Å². The summed E-state index contributed by atoms with van der Waals surface area (Å²) in [5.41, 5.74) is 1.73. The first-order valence-electron chi connectivity index (χ1n) is 6.52. The first-order valence-corrected chi connectivity index (χ1v) is 7.31. The van der Waals surface area contributed by atoms with Crippen LogP contribution >= 0.6 is 15.9 Å². The van der Waals surface area contributed by atoms with E-state index in [9.17, 15) is 4.39 Å². The maximum atomic E-state index is 13.9. The Bertz CT molecular complexity index is 619. The fraction of sp³-hybridized carbons (Fsp3) is 0.250. The number of halogens is 2. The molecule has 0 unspecified atom stereocenters. The number of hydrogen-bond donors (Lipinski definition) is 1. The molecule has 0 bridgehead atoms. The minimum Gasteiger partial charge on any atom is -0.496 e. The summed E-state index contributed by atoms with van der Waals surface area (Å²) in [6, 6.07) is 10.6. The lowest BCUT2D eigenvalue weighted by molar-refractivity contribution is 0.282. The summed E-state index contributed by atoms with van der Waals surface area (Å²) in [6.07, 6.45) is 0. The Labute approximate surface area is 132 Å². The quantitative estimate of drug-likeness (QED) is 0.854. The van der Waals surface area contributed by atoms with Crippen molar-refractivity contribution in [1.82, 2.24) is 5.32 Å². The molecule has 3 nitrogen and oxygen atoms in total. The highest BCUT2D eigenvalue weighted by atomic mass is 79.9. The average Bonchev–Trinajstić information content (AvgIpc) is 2.47. The number of methoxy groups -OCH3 is 1. The van der Waals surface area contributed by atoms with Crippen molar-refractivity contribution in [2.24, 2.45) is 0 Å². The Hall–Kier alpha value is -1.59. The largest absolute Gasteiger partial charge is 0.496 e. The summed E-state index contributed by atoms with van der Waals surface area (Å²) in [6.45, 7) is 0.863. The summed E-state index contributed by atoms with van der Waals surface area (Å²) in [7, 11) is 3.42. The van der Waals surface area contributed by atoms with Crippen LogP contribution in [0.3, 0.4) is 0 Å². The van der Waals surface area contributed by atoms with Gasteiger partial charge in [0.15, 0.2) is 11.6 Å². The van der Waals surface area contributed by atoms with E-state index in [-0.39, 0.29) is 18.2 Å². The zero-order valence-corrected chi connectivity index (χ0v) is 13.5. The van der Waals surface area contributed by atoms with Crippen molar-refractivity contribution in [1.29, 1.82) is 0 Å². The van der Waals surface area contributed by atoms with Gasteiger partial charge in [-0.25, -0.2) is 4.39 Å². The molecule has 21 heavy (non-hydrogen) atoms. The van der Waals surface area contributed by atoms with Crippen molar-refractivity contribution >= 4 is 15.9 Å². The van der Waals surface area contributed by atoms with Gasteiger partial charge in [-0.15, -0.1) is 0 Å². The van der Waals surface area contributed by atoms with Gasteiger partial charge >= 0.3 is 0 Å². The molecule has 2 aromatic carbocycles. The number of benzene rings is 2. The molecule has 2 rings (SSSR count). The van der Waals surface area contributed by atoms with Crippen LogP contribution in [0.25, 0.3) is 0 Å². The molecule has 2 aromatic rings. The Morgan fingerprint density at radius 1 is 1.14 bits per heavy atom. The second-order valence-electron chi connectivity index (χ2n) is 4.54. The molecule has 0 radical (unpaired) electrons. The number of rotatable bonds is 6. The molecule has 0 aromatic heterocycles. The van der Waals surface area contributed by atoms with Gasteiger partial charge in [0.25, 0.3) is 0 Å². The predicted molar refractivity (Wildman–Crippen MR) is 84.2 cm³/mol. The molecule has 1 N–H and O–H groups in total. The summed E-state index contributed by atoms with van der Waals surface area (Å²) in [5, 5.41) is 2.98. The third-order valence-electron chi connectivity index (χ3n) is 3.00. The van der Waals surface area contributed by atoms with E-state index in [0.29, 0.717) is 12.3 Å². The van der Waals surface area contributed by atoms with Gasteiger partial charge in [0.05, 0.1) is 7.11 Å². The van der Waals surface area contributed by atoms with Gasteiger partial charge in [-0.2, -0.15) is 0 Å². The monoisotopic (exact) mass is 353 g/mol. The molecule has 0 saturated carbocycles. The standard InChI is InChI=1S/C16H17BrFNO2/c1-19-9-11-3-5-16(14(18)7-11)21-10-12-8-13(17)4-6-15(12)20-2/h3-8,19H,9-10H2,1-2H3. The molecule has 0 spiro atoms. The first-order chi connectivity index (χ1) is 10.1. The molecule has 0 aliphatic carbocycles. The molecule has 112 valence electrons. The van der Waals surface area contributed by atoms with E-state index in [2.05, 4.69) is 21.2 Å². The molecular formula is C16H17BrFNO2. The average molecular weight is 354 g/mol. The maximum Gasteiger partial charge on any atom is 0.165 e. The van der Waals surface area contributed by atoms with Crippen LogP contribution < -0.4 is 14.8 Å². The van der Waals surface area contributed by atoms with Crippen molar-refractivity contribution in [2.45, 2.75) is 13.2 Å². The van der Waals surface area contributed by atoms with Gasteiger partial charge in [-0.3, -0.25) is 0 Å². The van der Waals surface area contributed by atoms with Crippen LogP contribution in [0.4, 0.5) is 4.39 Å². The second kappa shape index (κ2) is 7.43. The van der Waals surface area contributed by atoms with Crippen molar-refractivity contribution < 1.29 is 13.9 Å². The molecular weight excluding hydrogens is 337 g/mol. The summed E-state index contributed by atoms with van der Waals surface area (Å²) < 4.78 is 25.7. The van der Waals surface area contributed by atoms with Gasteiger partial charge in [0.2, 0.25) is 0 Å². The fourth-order valence-corrected chi connectivity index (χ4v) is 2.40. The lowest BCUT2D eigenvalue weighted by Crippen LogP contribution is -2.06. The predicted octanol–water partition coefficient (Wildman–Crippen LogP) is 3.90. The van der Waals surface area contributed by atoms with Crippen LogP contribution in [0.1, 0.15) is 11.1 Å². The minimum absolute atomic E-state index is 0.233. The highest BCUT2D eigenvalue weighted by Gasteiger charge is 2.08. The molecule has 0 atom stereocenters. The van der Waals surface area contributed by atoms with Gasteiger partial charge < -0.3 is 14.8 Å². The normalized spacial score (nSPS) is 10.5. The van der Waals surface area contributed by atoms with Crippen LogP contribution in [0, 0.1) is 5.82 Å². The fourth-order valence-electron chi connectivity index (χ4n) is 1.99. The van der Waals surface area contributed by atoms with Crippen molar-refractivity contribution in [2.75, 3.05) is 14.2 Å². The van der Waals surface area contributed by atoms with E-state index in [1.807, 2.05) is 31.3 Å². The van der Waals surface area contributed by atoms with Gasteiger partial charge in [0, 0.05) is 16.6 Å². The van der Waals surface area contributed by atoms with Gasteiger partial charge in [-0.05, 0) is 42.9 Å². The SMILES string of the molecule is CNCc1ccc(OCc2cc(Br)ccc2OC)c(F)c1. The van der Waals surface area contributed by atoms with E-state index in [4.69, 9.17) is 9.47 Å². The summed E-state index contributed by atoms with van der Waals surface area (Å²) >= 11 is 3.40. The molecule has 0 aliphatic heterocycles. The lowest BCUT2D eigenvalue weighted by Gasteiger charge is -2.12. The third-order valence-corrected chi connectivity index (χ3v) is 3.50. The second-order valence-corrected chi connectivity index (χ2v) is 5.46. The Balaban J connectivity index is 2.11. The molecule has 0 fully saturated rings. The topological polar surface area (TPSA) is 30.5 Å². The van der Waals surface area contributed by atoms with E-state index in [0.717, 1.165) is 15.6 Å². The zero-order valence-electron chi connectivity index (χ0n) is 12.0. The van der Waals surface area contributed by atoms with Crippen molar-refractivity contribution in [3.05, 3.63) is 57.8 Å². The summed E-state index contributed by atoms with van der Waals surface area (Å²) in [5.74, 6) is 0.582. The van der Waals surface area contributed by atoms with Crippen molar-refractivity contribution in [3.8, 4) is 11.5 Å². The summed E-state index contributed by atoms with van der Waals surface area (Å²) in [4.78, 5) is 0. The van der Waals surface area contributed by atoms with E-state index in [1.165, 1.54) is 6.07 Å². The molecule has 0 amide bonds. The number of hydrogen-bond acceptors (Lipinski definition) is 3. The maximum absolute atomic E-state index is 13.9. The van der Waals surface area contributed by atoms with Crippen LogP contribution in [0.2, 0.25) is 0 Å². The van der Waals surface area contributed by atoms with Gasteiger partial charge in [0.1, 0.15) is 12.4 Å². The van der Waals surface area contributed by atoms with Gasteiger partial charge in [-0.1, -0.05) is 22.0 Å². The molecule has 5 heteroatoms. The Morgan fingerprint density at radius 3 is 2.57 bits per heavy atom. The Morgan fingerprint density at radius 2 is 1.90 bits per heavy atom. The molecule has 0 heterocycles. The van der Waals surface area contributed by atoms with Crippen molar-refractivity contribution in [3.63, 3.8) is 0 Å². The Kier molecular flexibility index (Phi) is 5.59. The minimum atomic E-state index is -0.364. The lowest BCUT2D eigenvalue weighted by atomic mass is 10.2. The zero-order chi connectivity index (χ0) is 15.2. The van der Waals surface area contributed by atoms with E-state index < -0.39 is 0 Å². The highest BCUT2D eigenvalue weighted by molar-refractivity contribution is 9.10. The van der Waals surface area contributed by atoms with Crippen LogP contribution in [-0.2, 0) is 13.2 Å². The van der Waals surface area contributed by atoms with Crippen LogP contribution in [0.15, 0.2) is 40.9 Å². The van der Waals surface area contributed by atoms with E-state index >= 15 is 0 Å². The molecule has 0 saturated heterocycles. The highest BCUT2D eigenvalue weighted by Crippen LogP contribution is 2.26. The first kappa shape index (κ1) is 15.8. The van der Waals surface area contributed by atoms with E-state index in [1.54, 1.807) is 13.2 Å². The number of ether oxygens (including phenoxy) is 2. The smallest absolute Gasteiger partial charge is 0.165 e. The van der Waals surface area contributed by atoms with Crippen LogP contribution in [-0.4, -0.2) is 14.2 Å². The number of nitrogens with one attached hydrogen (secondary N) is 1. The molecule has 0 aliphatic rings.